The van der Waals surface area contributed by atoms with Gasteiger partial charge in [-0.2, -0.15) is 0 Å². The maximum absolute atomic E-state index is 11.9. The molecule has 2 aromatic rings. The third kappa shape index (κ3) is 5.11. The first-order chi connectivity index (χ1) is 11.0. The Morgan fingerprint density at radius 3 is 2.65 bits per heavy atom. The van der Waals surface area contributed by atoms with Crippen molar-refractivity contribution in [2.24, 2.45) is 0 Å². The molecule has 0 aliphatic heterocycles. The molecule has 122 valence electrons. The van der Waals surface area contributed by atoms with Crippen molar-refractivity contribution >= 4 is 40.0 Å². The summed E-state index contributed by atoms with van der Waals surface area (Å²) in [6, 6.07) is 9.67. The molecular formula is C17H19NO3S2. The number of methoxy groups -OCH3 is 1. The lowest BCUT2D eigenvalue weighted by atomic mass is 10.1. The quantitative estimate of drug-likeness (QED) is 0.625. The van der Waals surface area contributed by atoms with Gasteiger partial charge in [-0.1, -0.05) is 6.07 Å². The Balaban J connectivity index is 1.79. The van der Waals surface area contributed by atoms with Gasteiger partial charge in [0.15, 0.2) is 0 Å². The predicted octanol–water partition coefficient (Wildman–Crippen LogP) is 4.27. The largest absolute Gasteiger partial charge is 0.465 e. The van der Waals surface area contributed by atoms with Crippen LogP contribution in [0.5, 0.6) is 0 Å². The first-order valence-electron chi connectivity index (χ1n) is 7.17. The van der Waals surface area contributed by atoms with Crippen molar-refractivity contribution in [2.75, 3.05) is 18.2 Å². The first kappa shape index (κ1) is 17.6. The molecule has 1 heterocycles. The second-order valence-corrected chi connectivity index (χ2v) is 7.30. The second kappa shape index (κ2) is 8.17. The van der Waals surface area contributed by atoms with E-state index in [1.807, 2.05) is 0 Å². The number of hydrogen-bond donors (Lipinski definition) is 1. The van der Waals surface area contributed by atoms with Gasteiger partial charge in [0.2, 0.25) is 5.91 Å². The fourth-order valence-electron chi connectivity index (χ4n) is 1.88. The minimum atomic E-state index is -0.388. The van der Waals surface area contributed by atoms with E-state index in [0.717, 1.165) is 0 Å². The van der Waals surface area contributed by atoms with Crippen LogP contribution >= 0.6 is 23.1 Å². The number of rotatable bonds is 6. The first-order valence-corrected chi connectivity index (χ1v) is 8.98. The summed E-state index contributed by atoms with van der Waals surface area (Å²) in [6.45, 7) is 4.17. The minimum absolute atomic E-state index is 0.0559. The van der Waals surface area contributed by atoms with E-state index in [9.17, 15) is 9.59 Å². The van der Waals surface area contributed by atoms with E-state index in [2.05, 4.69) is 42.1 Å². The molecule has 0 aliphatic rings. The summed E-state index contributed by atoms with van der Waals surface area (Å²) < 4.78 is 4.64. The van der Waals surface area contributed by atoms with Gasteiger partial charge >= 0.3 is 5.97 Å². The molecule has 23 heavy (non-hydrogen) atoms. The van der Waals surface area contributed by atoms with E-state index in [1.165, 1.54) is 34.5 Å². The van der Waals surface area contributed by atoms with Gasteiger partial charge in [0, 0.05) is 17.1 Å². The van der Waals surface area contributed by atoms with Crippen molar-refractivity contribution in [3.63, 3.8) is 0 Å². The van der Waals surface area contributed by atoms with Crippen LogP contribution in [0.4, 0.5) is 5.00 Å². The molecule has 1 amide bonds. The lowest BCUT2D eigenvalue weighted by Crippen LogP contribution is -2.11. The number of nitrogens with one attached hydrogen (secondary N) is 1. The number of carbonyl (C=O) groups is 2. The van der Waals surface area contributed by atoms with E-state index >= 15 is 0 Å². The third-order valence-electron chi connectivity index (χ3n) is 3.33. The molecule has 2 rings (SSSR count). The van der Waals surface area contributed by atoms with Crippen molar-refractivity contribution in [1.82, 2.24) is 0 Å². The van der Waals surface area contributed by atoms with Gasteiger partial charge in [-0.15, -0.1) is 23.1 Å². The molecule has 1 N–H and O–H groups in total. The highest BCUT2D eigenvalue weighted by atomic mass is 32.2. The van der Waals surface area contributed by atoms with Crippen LogP contribution in [-0.4, -0.2) is 24.7 Å². The van der Waals surface area contributed by atoms with Crippen LogP contribution in [0.2, 0.25) is 0 Å². The predicted molar refractivity (Wildman–Crippen MR) is 95.5 cm³/mol. The van der Waals surface area contributed by atoms with Crippen LogP contribution in [0.25, 0.3) is 0 Å². The molecule has 1 aromatic heterocycles. The molecule has 0 saturated carbocycles. The van der Waals surface area contributed by atoms with Gasteiger partial charge in [-0.25, -0.2) is 4.79 Å². The van der Waals surface area contributed by atoms with Crippen molar-refractivity contribution < 1.29 is 14.3 Å². The number of esters is 1. The van der Waals surface area contributed by atoms with Crippen molar-refractivity contribution in [3.05, 3.63) is 46.3 Å². The highest BCUT2D eigenvalue weighted by molar-refractivity contribution is 7.99. The number of benzene rings is 1. The van der Waals surface area contributed by atoms with Crippen LogP contribution in [0.15, 0.2) is 35.2 Å². The summed E-state index contributed by atoms with van der Waals surface area (Å²) in [5.41, 5.74) is 2.53. The van der Waals surface area contributed by atoms with E-state index < -0.39 is 0 Å². The van der Waals surface area contributed by atoms with Crippen LogP contribution in [-0.2, 0) is 9.53 Å². The van der Waals surface area contributed by atoms with Crippen LogP contribution in [0.3, 0.4) is 0 Å². The number of aryl methyl sites for hydroxylation is 2. The molecule has 0 saturated heterocycles. The van der Waals surface area contributed by atoms with Gasteiger partial charge in [-0.3, -0.25) is 4.79 Å². The number of hydrogen-bond acceptors (Lipinski definition) is 5. The zero-order valence-corrected chi connectivity index (χ0v) is 15.0. The molecule has 0 bridgehead atoms. The molecule has 0 unspecified atom stereocenters. The molecule has 6 heteroatoms. The molecule has 0 atom stereocenters. The van der Waals surface area contributed by atoms with Gasteiger partial charge in [-0.05, 0) is 49.2 Å². The highest BCUT2D eigenvalue weighted by Crippen LogP contribution is 2.24. The zero-order chi connectivity index (χ0) is 16.8. The number of thioether (sulfide) groups is 1. The zero-order valence-electron chi connectivity index (χ0n) is 13.3. The smallest absolute Gasteiger partial charge is 0.348 e. The van der Waals surface area contributed by atoms with Crippen LogP contribution in [0, 0.1) is 13.8 Å². The van der Waals surface area contributed by atoms with Gasteiger partial charge in [0.05, 0.1) is 12.1 Å². The number of amides is 1. The van der Waals surface area contributed by atoms with E-state index in [0.29, 0.717) is 22.1 Å². The fraction of sp³-hybridized carbons (Fsp3) is 0.294. The van der Waals surface area contributed by atoms with Crippen molar-refractivity contribution in [2.45, 2.75) is 25.2 Å². The molecular weight excluding hydrogens is 330 g/mol. The van der Waals surface area contributed by atoms with Gasteiger partial charge in [0.25, 0.3) is 0 Å². The summed E-state index contributed by atoms with van der Waals surface area (Å²) in [5, 5.41) is 3.47. The van der Waals surface area contributed by atoms with E-state index in [4.69, 9.17) is 0 Å². The average molecular weight is 349 g/mol. The summed E-state index contributed by atoms with van der Waals surface area (Å²) in [7, 11) is 1.34. The second-order valence-electron chi connectivity index (χ2n) is 5.05. The van der Waals surface area contributed by atoms with Crippen molar-refractivity contribution in [3.8, 4) is 0 Å². The molecule has 1 aromatic carbocycles. The number of anilines is 1. The summed E-state index contributed by atoms with van der Waals surface area (Å²) in [6.07, 6.45) is 0.420. The van der Waals surface area contributed by atoms with Crippen LogP contribution in [0.1, 0.15) is 27.2 Å². The van der Waals surface area contributed by atoms with Crippen LogP contribution < -0.4 is 5.32 Å². The number of thiophene rings is 1. The normalized spacial score (nSPS) is 10.4. The number of ether oxygens (including phenoxy) is 1. The molecule has 4 nitrogen and oxygen atoms in total. The number of carbonyl (C=O) groups excluding carboxylic acids is 2. The standard InChI is InChI=1S/C17H19NO3S2/c1-11-4-5-13(10-12(11)2)22-9-8-15(19)18-16-7-6-14(23-16)17(20)21-3/h4-7,10H,8-9H2,1-3H3,(H,18,19). The minimum Gasteiger partial charge on any atom is -0.465 e. The Labute approximate surface area is 144 Å². The Morgan fingerprint density at radius 2 is 1.96 bits per heavy atom. The Kier molecular flexibility index (Phi) is 6.24. The summed E-state index contributed by atoms with van der Waals surface area (Å²) in [5.74, 6) is 0.268. The monoisotopic (exact) mass is 349 g/mol. The Hall–Kier alpha value is -1.79. The third-order valence-corrected chi connectivity index (χ3v) is 5.31. The van der Waals surface area contributed by atoms with E-state index in [-0.39, 0.29) is 11.9 Å². The average Bonchev–Trinajstić information content (AvgIpc) is 2.98. The topological polar surface area (TPSA) is 55.4 Å². The molecule has 0 radical (unpaired) electrons. The molecule has 0 fully saturated rings. The maximum atomic E-state index is 11.9. The lowest BCUT2D eigenvalue weighted by Gasteiger charge is -2.05. The lowest BCUT2D eigenvalue weighted by molar-refractivity contribution is -0.115. The van der Waals surface area contributed by atoms with E-state index in [1.54, 1.807) is 23.9 Å². The fourth-order valence-corrected chi connectivity index (χ4v) is 3.67. The van der Waals surface area contributed by atoms with Gasteiger partial charge < -0.3 is 10.1 Å². The van der Waals surface area contributed by atoms with Gasteiger partial charge in [0.1, 0.15) is 4.88 Å². The summed E-state index contributed by atoms with van der Waals surface area (Å²) >= 11 is 2.88. The maximum Gasteiger partial charge on any atom is 0.348 e. The molecule has 0 spiro atoms. The Bertz CT molecular complexity index is 710. The highest BCUT2D eigenvalue weighted by Gasteiger charge is 2.11. The van der Waals surface area contributed by atoms with Crippen molar-refractivity contribution in [1.29, 1.82) is 0 Å². The Morgan fingerprint density at radius 1 is 1.17 bits per heavy atom. The SMILES string of the molecule is COC(=O)c1ccc(NC(=O)CCSc2ccc(C)c(C)c2)s1. The molecule has 0 aliphatic carbocycles. The summed E-state index contributed by atoms with van der Waals surface area (Å²) in [4.78, 5) is 25.0.